The highest BCUT2D eigenvalue weighted by atomic mass is 16.3. The summed E-state index contributed by atoms with van der Waals surface area (Å²) in [6.45, 7) is 2.32. The Morgan fingerprint density at radius 1 is 1.35 bits per heavy atom. The Bertz CT molecular complexity index is 431. The zero-order valence-corrected chi connectivity index (χ0v) is 10.7. The predicted octanol–water partition coefficient (Wildman–Crippen LogP) is 2.91. The fourth-order valence-corrected chi connectivity index (χ4v) is 4.08. The molecule has 3 atom stereocenters. The third-order valence-electron chi connectivity index (χ3n) is 5.19. The van der Waals surface area contributed by atoms with Crippen LogP contribution in [0.3, 0.4) is 0 Å². The van der Waals surface area contributed by atoms with Crippen LogP contribution in [0.2, 0.25) is 0 Å². The predicted molar refractivity (Wildman–Crippen MR) is 69.3 cm³/mol. The molecule has 92 valence electrons. The van der Waals surface area contributed by atoms with Gasteiger partial charge >= 0.3 is 0 Å². The molecular formula is C15H21NO. The quantitative estimate of drug-likeness (QED) is 0.803. The van der Waals surface area contributed by atoms with E-state index in [0.29, 0.717) is 17.8 Å². The first kappa shape index (κ1) is 11.1. The Morgan fingerprint density at radius 2 is 2.12 bits per heavy atom. The Hall–Kier alpha value is -1.02. The second-order valence-corrected chi connectivity index (χ2v) is 5.76. The lowest BCUT2D eigenvalue weighted by Gasteiger charge is -2.36. The van der Waals surface area contributed by atoms with Gasteiger partial charge in [0.1, 0.15) is 5.75 Å². The van der Waals surface area contributed by atoms with E-state index in [-0.39, 0.29) is 5.41 Å². The topological polar surface area (TPSA) is 23.5 Å². The maximum atomic E-state index is 10.2. The molecule has 1 aromatic rings. The molecule has 2 heteroatoms. The largest absolute Gasteiger partial charge is 0.508 e. The minimum absolute atomic E-state index is 0.184. The number of likely N-dealkylation sites (tertiary alicyclic amines) is 1. The number of hydrogen-bond acceptors (Lipinski definition) is 2. The van der Waals surface area contributed by atoms with E-state index in [0.717, 1.165) is 0 Å². The number of benzene rings is 1. The lowest BCUT2D eigenvalue weighted by molar-refractivity contribution is 0.238. The molecule has 1 heterocycles. The molecule has 2 fully saturated rings. The summed E-state index contributed by atoms with van der Waals surface area (Å²) in [6.07, 6.45) is 5.03. The molecule has 3 rings (SSSR count). The average Bonchev–Trinajstić information content (AvgIpc) is 2.52. The van der Waals surface area contributed by atoms with E-state index in [4.69, 9.17) is 0 Å². The van der Waals surface area contributed by atoms with E-state index in [1.54, 1.807) is 0 Å². The highest BCUT2D eigenvalue weighted by Crippen LogP contribution is 2.52. The van der Waals surface area contributed by atoms with Crippen molar-refractivity contribution in [3.8, 4) is 5.75 Å². The van der Waals surface area contributed by atoms with Crippen molar-refractivity contribution in [3.63, 3.8) is 0 Å². The molecule has 2 aliphatic rings. The third kappa shape index (κ3) is 1.43. The maximum Gasteiger partial charge on any atom is 0.119 e. The van der Waals surface area contributed by atoms with Gasteiger partial charge in [-0.3, -0.25) is 4.90 Å². The van der Waals surface area contributed by atoms with E-state index in [9.17, 15) is 5.11 Å². The SMILES string of the molecule is CC1N(C)C2CCCC1(c1ccccc1O)C2. The molecule has 1 aliphatic heterocycles. The fourth-order valence-electron chi connectivity index (χ4n) is 4.08. The first-order valence-corrected chi connectivity index (χ1v) is 6.65. The first-order valence-electron chi connectivity index (χ1n) is 6.65. The third-order valence-corrected chi connectivity index (χ3v) is 5.19. The number of aromatic hydroxyl groups is 1. The number of phenols is 1. The van der Waals surface area contributed by atoms with Crippen LogP contribution in [0, 0.1) is 0 Å². The van der Waals surface area contributed by atoms with Crippen molar-refractivity contribution in [1.82, 2.24) is 4.90 Å². The molecule has 3 unspecified atom stereocenters. The van der Waals surface area contributed by atoms with E-state index in [1.165, 1.54) is 31.2 Å². The Balaban J connectivity index is 2.09. The van der Waals surface area contributed by atoms with Gasteiger partial charge in [0.2, 0.25) is 0 Å². The smallest absolute Gasteiger partial charge is 0.119 e. The molecule has 2 nitrogen and oxygen atoms in total. The molecule has 0 radical (unpaired) electrons. The second-order valence-electron chi connectivity index (χ2n) is 5.76. The minimum Gasteiger partial charge on any atom is -0.508 e. The molecule has 1 N–H and O–H groups in total. The summed E-state index contributed by atoms with van der Waals surface area (Å²) in [5, 5.41) is 10.2. The molecule has 1 saturated carbocycles. The van der Waals surface area contributed by atoms with Crippen molar-refractivity contribution in [2.24, 2.45) is 0 Å². The van der Waals surface area contributed by atoms with Crippen molar-refractivity contribution in [1.29, 1.82) is 0 Å². The molecule has 1 aliphatic carbocycles. The summed E-state index contributed by atoms with van der Waals surface area (Å²) >= 11 is 0. The van der Waals surface area contributed by atoms with Gasteiger partial charge in [0, 0.05) is 23.1 Å². The molecular weight excluding hydrogens is 210 g/mol. The zero-order chi connectivity index (χ0) is 12.0. The number of hydrogen-bond donors (Lipinski definition) is 1. The van der Waals surface area contributed by atoms with Gasteiger partial charge < -0.3 is 5.11 Å². The first-order chi connectivity index (χ1) is 8.15. The van der Waals surface area contributed by atoms with Crippen molar-refractivity contribution in [2.45, 2.75) is 50.1 Å². The standard InChI is InChI=1S/C15H21NO/c1-11-15(13-7-3-4-8-14(13)17)9-5-6-12(10-15)16(11)2/h3-4,7-8,11-12,17H,5-6,9-10H2,1-2H3. The number of likely N-dealkylation sites (N-methyl/N-ethyl adjacent to an activating group) is 1. The van der Waals surface area contributed by atoms with Gasteiger partial charge in [0.25, 0.3) is 0 Å². The van der Waals surface area contributed by atoms with Crippen LogP contribution in [-0.2, 0) is 5.41 Å². The minimum atomic E-state index is 0.184. The van der Waals surface area contributed by atoms with Crippen LogP contribution in [0.4, 0.5) is 0 Å². The number of rotatable bonds is 1. The summed E-state index contributed by atoms with van der Waals surface area (Å²) in [4.78, 5) is 2.51. The number of nitrogens with zero attached hydrogens (tertiary/aromatic N) is 1. The molecule has 1 saturated heterocycles. The fraction of sp³-hybridized carbons (Fsp3) is 0.600. The highest BCUT2D eigenvalue weighted by molar-refractivity contribution is 5.41. The van der Waals surface area contributed by atoms with Crippen molar-refractivity contribution >= 4 is 0 Å². The van der Waals surface area contributed by atoms with E-state index >= 15 is 0 Å². The van der Waals surface area contributed by atoms with Crippen LogP contribution in [0.25, 0.3) is 0 Å². The summed E-state index contributed by atoms with van der Waals surface area (Å²) in [5.74, 6) is 0.482. The van der Waals surface area contributed by atoms with Gasteiger partial charge in [-0.2, -0.15) is 0 Å². The number of phenolic OH excluding ortho intramolecular Hbond substituents is 1. The highest BCUT2D eigenvalue weighted by Gasteiger charge is 2.52. The van der Waals surface area contributed by atoms with Crippen LogP contribution in [0.1, 0.15) is 38.2 Å². The van der Waals surface area contributed by atoms with Crippen LogP contribution in [0.5, 0.6) is 5.75 Å². The van der Waals surface area contributed by atoms with Crippen molar-refractivity contribution in [3.05, 3.63) is 29.8 Å². The average molecular weight is 231 g/mol. The van der Waals surface area contributed by atoms with Gasteiger partial charge in [0.05, 0.1) is 0 Å². The Labute approximate surface area is 103 Å². The van der Waals surface area contributed by atoms with Crippen LogP contribution >= 0.6 is 0 Å². The zero-order valence-electron chi connectivity index (χ0n) is 10.7. The normalized spacial score (nSPS) is 37.3. The van der Waals surface area contributed by atoms with Gasteiger partial charge in [-0.1, -0.05) is 24.6 Å². The molecule has 2 bridgehead atoms. The molecule has 17 heavy (non-hydrogen) atoms. The van der Waals surface area contributed by atoms with Gasteiger partial charge in [-0.25, -0.2) is 0 Å². The van der Waals surface area contributed by atoms with Crippen molar-refractivity contribution < 1.29 is 5.11 Å². The second kappa shape index (κ2) is 3.74. The molecule has 0 spiro atoms. The van der Waals surface area contributed by atoms with E-state index in [1.807, 2.05) is 12.1 Å². The monoisotopic (exact) mass is 231 g/mol. The Kier molecular flexibility index (Phi) is 2.44. The summed E-state index contributed by atoms with van der Waals surface area (Å²) < 4.78 is 0. The van der Waals surface area contributed by atoms with Gasteiger partial charge in [0.15, 0.2) is 0 Å². The summed E-state index contributed by atoms with van der Waals surface area (Å²) in [6, 6.07) is 9.16. The summed E-state index contributed by atoms with van der Waals surface area (Å²) in [7, 11) is 2.24. The lowest BCUT2D eigenvalue weighted by atomic mass is 9.67. The van der Waals surface area contributed by atoms with Gasteiger partial charge in [-0.05, 0) is 39.3 Å². The molecule has 0 amide bonds. The lowest BCUT2D eigenvalue weighted by Crippen LogP contribution is -2.38. The number of para-hydroxylation sites is 1. The van der Waals surface area contributed by atoms with Crippen LogP contribution in [0.15, 0.2) is 24.3 Å². The van der Waals surface area contributed by atoms with Gasteiger partial charge in [-0.15, -0.1) is 0 Å². The molecule has 1 aromatic carbocycles. The Morgan fingerprint density at radius 3 is 2.88 bits per heavy atom. The van der Waals surface area contributed by atoms with Crippen molar-refractivity contribution in [2.75, 3.05) is 7.05 Å². The van der Waals surface area contributed by atoms with Crippen LogP contribution in [-0.4, -0.2) is 29.1 Å². The number of fused-ring (bicyclic) bond motifs is 2. The van der Waals surface area contributed by atoms with E-state index < -0.39 is 0 Å². The van der Waals surface area contributed by atoms with Crippen LogP contribution < -0.4 is 0 Å². The van der Waals surface area contributed by atoms with E-state index in [2.05, 4.69) is 31.0 Å². The summed E-state index contributed by atoms with van der Waals surface area (Å²) in [5.41, 5.74) is 1.35. The maximum absolute atomic E-state index is 10.2. The molecule has 0 aromatic heterocycles.